The minimum atomic E-state index is -2.54. The van der Waals surface area contributed by atoms with Crippen LogP contribution in [0.4, 0.5) is 14.7 Å². The Balaban J connectivity index is 1.62. The van der Waals surface area contributed by atoms with Crippen molar-refractivity contribution in [3.8, 4) is 5.75 Å². The molecule has 1 fully saturated rings. The summed E-state index contributed by atoms with van der Waals surface area (Å²) in [6, 6.07) is 6.19. The molecule has 1 aliphatic carbocycles. The van der Waals surface area contributed by atoms with E-state index in [4.69, 9.17) is 4.74 Å². The van der Waals surface area contributed by atoms with Crippen LogP contribution >= 0.6 is 0 Å². The van der Waals surface area contributed by atoms with E-state index in [-0.39, 0.29) is 29.5 Å². The Hall–Kier alpha value is -3.10. The second-order valence-corrected chi connectivity index (χ2v) is 6.95. The number of nitrogens with zero attached hydrogens (tertiary/aromatic N) is 2. The van der Waals surface area contributed by atoms with E-state index in [1.807, 2.05) is 0 Å². The third kappa shape index (κ3) is 5.69. The van der Waals surface area contributed by atoms with Crippen LogP contribution in [0.2, 0.25) is 0 Å². The summed E-state index contributed by atoms with van der Waals surface area (Å²) in [5.41, 5.74) is 1.61. The van der Waals surface area contributed by atoms with E-state index in [0.29, 0.717) is 11.3 Å². The van der Waals surface area contributed by atoms with E-state index < -0.39 is 18.9 Å². The zero-order valence-corrected chi connectivity index (χ0v) is 16.1. The number of halogens is 2. The summed E-state index contributed by atoms with van der Waals surface area (Å²) >= 11 is 0. The highest BCUT2D eigenvalue weighted by Crippen LogP contribution is 2.29. The molecule has 0 aliphatic heterocycles. The monoisotopic (exact) mass is 404 g/mol. The molecule has 3 rings (SSSR count). The first-order valence-corrected chi connectivity index (χ1v) is 9.29. The molecule has 7 nitrogen and oxygen atoms in total. The summed E-state index contributed by atoms with van der Waals surface area (Å²) in [6.07, 6.45) is 0.581. The maximum atomic E-state index is 12.5. The number of anilines is 1. The van der Waals surface area contributed by atoms with Gasteiger partial charge in [0, 0.05) is 12.1 Å². The molecule has 1 heterocycles. The van der Waals surface area contributed by atoms with Gasteiger partial charge in [0.1, 0.15) is 18.1 Å². The number of alkyl halides is 2. The van der Waals surface area contributed by atoms with Gasteiger partial charge in [-0.25, -0.2) is 18.7 Å². The third-order valence-electron chi connectivity index (χ3n) is 4.48. The molecule has 2 aromatic rings. The lowest BCUT2D eigenvalue weighted by atomic mass is 10.0. The second kappa shape index (κ2) is 8.93. The Kier molecular flexibility index (Phi) is 6.36. The van der Waals surface area contributed by atoms with Crippen molar-refractivity contribution in [3.05, 3.63) is 47.3 Å². The van der Waals surface area contributed by atoms with Gasteiger partial charge in [-0.1, -0.05) is 12.1 Å². The van der Waals surface area contributed by atoms with Crippen LogP contribution in [0.15, 0.2) is 30.5 Å². The van der Waals surface area contributed by atoms with E-state index in [9.17, 15) is 18.4 Å². The van der Waals surface area contributed by atoms with E-state index in [1.54, 1.807) is 32.0 Å². The number of hydrogen-bond donors (Lipinski definition) is 2. The predicted octanol–water partition coefficient (Wildman–Crippen LogP) is 3.27. The molecule has 2 amide bonds. The maximum absolute atomic E-state index is 12.5. The molecule has 0 radical (unpaired) electrons. The van der Waals surface area contributed by atoms with Crippen LogP contribution < -0.4 is 15.4 Å². The summed E-state index contributed by atoms with van der Waals surface area (Å²) in [6.45, 7) is 2.88. The molecular weight excluding hydrogens is 382 g/mol. The molecule has 1 aromatic heterocycles. The number of nitrogens with one attached hydrogen (secondary N) is 2. The SMILES string of the molecule is Cc1cc(C(C)NC(=O)c2ccnc(NC(=O)C3CC3)n2)ccc1OCC(F)F. The summed E-state index contributed by atoms with van der Waals surface area (Å²) in [5, 5.41) is 5.43. The molecule has 1 unspecified atom stereocenters. The zero-order chi connectivity index (χ0) is 21.0. The highest BCUT2D eigenvalue weighted by molar-refractivity contribution is 5.95. The summed E-state index contributed by atoms with van der Waals surface area (Å²) < 4.78 is 29.7. The van der Waals surface area contributed by atoms with Crippen molar-refractivity contribution in [1.82, 2.24) is 15.3 Å². The van der Waals surface area contributed by atoms with Gasteiger partial charge >= 0.3 is 0 Å². The van der Waals surface area contributed by atoms with Crippen molar-refractivity contribution in [3.63, 3.8) is 0 Å². The van der Waals surface area contributed by atoms with Crippen LogP contribution in [-0.2, 0) is 4.79 Å². The summed E-state index contributed by atoms with van der Waals surface area (Å²) in [4.78, 5) is 32.4. The predicted molar refractivity (Wildman–Crippen MR) is 102 cm³/mol. The first-order valence-electron chi connectivity index (χ1n) is 9.29. The van der Waals surface area contributed by atoms with Gasteiger partial charge in [0.25, 0.3) is 12.3 Å². The van der Waals surface area contributed by atoms with Crippen LogP contribution in [0, 0.1) is 12.8 Å². The molecule has 1 saturated carbocycles. The minimum Gasteiger partial charge on any atom is -0.487 e. The lowest BCUT2D eigenvalue weighted by Crippen LogP contribution is -2.28. The Morgan fingerprint density at radius 2 is 2.03 bits per heavy atom. The van der Waals surface area contributed by atoms with Crippen LogP contribution in [-0.4, -0.2) is 34.8 Å². The highest BCUT2D eigenvalue weighted by Gasteiger charge is 2.30. The number of carbonyl (C=O) groups excluding carboxylic acids is 2. The summed E-state index contributed by atoms with van der Waals surface area (Å²) in [7, 11) is 0. The number of carbonyl (C=O) groups is 2. The van der Waals surface area contributed by atoms with Crippen LogP contribution in [0.5, 0.6) is 5.75 Å². The average molecular weight is 404 g/mol. The van der Waals surface area contributed by atoms with Crippen molar-refractivity contribution >= 4 is 17.8 Å². The van der Waals surface area contributed by atoms with Crippen LogP contribution in [0.3, 0.4) is 0 Å². The normalized spacial score (nSPS) is 14.4. The molecule has 29 heavy (non-hydrogen) atoms. The molecular formula is C20H22F2N4O3. The van der Waals surface area contributed by atoms with Gasteiger partial charge in [0.2, 0.25) is 11.9 Å². The molecule has 9 heteroatoms. The van der Waals surface area contributed by atoms with Gasteiger partial charge in [-0.3, -0.25) is 14.9 Å². The standard InChI is InChI=1S/C20H22F2N4O3/c1-11-9-14(5-6-16(11)29-10-17(21)22)12(2)24-19(28)15-7-8-23-20(25-15)26-18(27)13-3-4-13/h5-9,12-13,17H,3-4,10H2,1-2H3,(H,24,28)(H,23,25,26,27). The smallest absolute Gasteiger partial charge is 0.272 e. The Morgan fingerprint density at radius 3 is 2.69 bits per heavy atom. The fourth-order valence-electron chi connectivity index (χ4n) is 2.71. The fraction of sp³-hybridized carbons (Fsp3) is 0.400. The number of rotatable bonds is 8. The Bertz CT molecular complexity index is 903. The first kappa shape index (κ1) is 20.6. The molecule has 0 saturated heterocycles. The Labute approximate surface area is 166 Å². The third-order valence-corrected chi connectivity index (χ3v) is 4.48. The van der Waals surface area contributed by atoms with E-state index >= 15 is 0 Å². The number of hydrogen-bond acceptors (Lipinski definition) is 5. The molecule has 1 aromatic carbocycles. The van der Waals surface area contributed by atoms with Gasteiger partial charge in [-0.2, -0.15) is 0 Å². The van der Waals surface area contributed by atoms with Gasteiger partial charge in [0.15, 0.2) is 0 Å². The van der Waals surface area contributed by atoms with Gasteiger partial charge in [-0.15, -0.1) is 0 Å². The van der Waals surface area contributed by atoms with Crippen molar-refractivity contribution in [2.45, 2.75) is 39.2 Å². The maximum Gasteiger partial charge on any atom is 0.272 e. The number of benzene rings is 1. The van der Waals surface area contributed by atoms with Crippen molar-refractivity contribution in [2.24, 2.45) is 5.92 Å². The number of aryl methyl sites for hydroxylation is 1. The fourth-order valence-corrected chi connectivity index (χ4v) is 2.71. The largest absolute Gasteiger partial charge is 0.487 e. The van der Waals surface area contributed by atoms with E-state index in [2.05, 4.69) is 20.6 Å². The molecule has 154 valence electrons. The highest BCUT2D eigenvalue weighted by atomic mass is 19.3. The second-order valence-electron chi connectivity index (χ2n) is 6.95. The van der Waals surface area contributed by atoms with E-state index in [1.165, 1.54) is 12.3 Å². The average Bonchev–Trinajstić information content (AvgIpc) is 3.52. The zero-order valence-electron chi connectivity index (χ0n) is 16.1. The topological polar surface area (TPSA) is 93.2 Å². The van der Waals surface area contributed by atoms with Crippen molar-refractivity contribution < 1.29 is 23.1 Å². The lowest BCUT2D eigenvalue weighted by molar-refractivity contribution is -0.117. The molecule has 0 spiro atoms. The summed E-state index contributed by atoms with van der Waals surface area (Å²) in [5.74, 6) is -0.0805. The number of ether oxygens (including phenoxy) is 1. The lowest BCUT2D eigenvalue weighted by Gasteiger charge is -2.16. The van der Waals surface area contributed by atoms with Crippen molar-refractivity contribution in [1.29, 1.82) is 0 Å². The molecule has 1 aliphatic rings. The van der Waals surface area contributed by atoms with Crippen molar-refractivity contribution in [2.75, 3.05) is 11.9 Å². The Morgan fingerprint density at radius 1 is 1.28 bits per heavy atom. The van der Waals surface area contributed by atoms with Gasteiger partial charge in [0.05, 0.1) is 6.04 Å². The minimum absolute atomic E-state index is 0.00647. The molecule has 1 atom stereocenters. The molecule has 2 N–H and O–H groups in total. The molecule has 0 bridgehead atoms. The number of aromatic nitrogens is 2. The first-order chi connectivity index (χ1) is 13.8. The van der Waals surface area contributed by atoms with Crippen LogP contribution in [0.25, 0.3) is 0 Å². The van der Waals surface area contributed by atoms with Gasteiger partial charge in [-0.05, 0) is 49.9 Å². The quantitative estimate of drug-likeness (QED) is 0.704. The van der Waals surface area contributed by atoms with Crippen LogP contribution in [0.1, 0.15) is 47.4 Å². The number of amides is 2. The van der Waals surface area contributed by atoms with Gasteiger partial charge < -0.3 is 10.1 Å². The van der Waals surface area contributed by atoms with E-state index in [0.717, 1.165) is 18.4 Å².